The lowest BCUT2D eigenvalue weighted by Crippen LogP contribution is -2.23. The molecule has 0 radical (unpaired) electrons. The fraction of sp³-hybridized carbons (Fsp3) is 0.231. The molecule has 0 unspecified atom stereocenters. The first kappa shape index (κ1) is 14.1. The van der Waals surface area contributed by atoms with Crippen LogP contribution in [-0.4, -0.2) is 25.0 Å². The van der Waals surface area contributed by atoms with E-state index in [0.29, 0.717) is 16.6 Å². The van der Waals surface area contributed by atoms with Gasteiger partial charge in [-0.05, 0) is 6.07 Å². The number of thiazole rings is 1. The van der Waals surface area contributed by atoms with Gasteiger partial charge in [-0.3, -0.25) is 4.79 Å². The Morgan fingerprint density at radius 3 is 2.85 bits per heavy atom. The second-order valence-corrected chi connectivity index (χ2v) is 4.98. The van der Waals surface area contributed by atoms with Gasteiger partial charge in [0.1, 0.15) is 16.4 Å². The van der Waals surface area contributed by atoms with Crippen molar-refractivity contribution in [1.29, 1.82) is 0 Å². The molecule has 4 N–H and O–H groups in total. The summed E-state index contributed by atoms with van der Waals surface area (Å²) in [5, 5.41) is 6.29. The van der Waals surface area contributed by atoms with Gasteiger partial charge in [-0.2, -0.15) is 0 Å². The number of ether oxygens (including phenoxy) is 1. The number of methoxy groups -OCH3 is 1. The minimum absolute atomic E-state index is 0.233. The minimum atomic E-state index is -0.243. The van der Waals surface area contributed by atoms with Gasteiger partial charge < -0.3 is 21.1 Å². The maximum atomic E-state index is 12.1. The van der Waals surface area contributed by atoms with Gasteiger partial charge in [-0.15, -0.1) is 0 Å². The molecule has 20 heavy (non-hydrogen) atoms. The molecule has 106 valence electrons. The van der Waals surface area contributed by atoms with Gasteiger partial charge in [-0.25, -0.2) is 4.98 Å². The highest BCUT2D eigenvalue weighted by Gasteiger charge is 2.15. The maximum absolute atomic E-state index is 12.1. The average molecular weight is 292 g/mol. The number of amides is 1. The van der Waals surface area contributed by atoms with E-state index in [4.69, 9.17) is 10.5 Å². The van der Waals surface area contributed by atoms with Crippen LogP contribution in [0, 0.1) is 0 Å². The van der Waals surface area contributed by atoms with E-state index >= 15 is 0 Å². The molecule has 0 fully saturated rings. The molecule has 0 spiro atoms. The summed E-state index contributed by atoms with van der Waals surface area (Å²) in [7, 11) is 3.33. The summed E-state index contributed by atoms with van der Waals surface area (Å²) in [5.41, 5.74) is 6.62. The normalized spacial score (nSPS) is 10.1. The van der Waals surface area contributed by atoms with Crippen LogP contribution < -0.4 is 21.1 Å². The Bertz CT molecular complexity index is 612. The van der Waals surface area contributed by atoms with Crippen molar-refractivity contribution in [3.05, 3.63) is 34.7 Å². The van der Waals surface area contributed by atoms with Crippen molar-refractivity contribution in [1.82, 2.24) is 10.3 Å². The molecule has 0 bridgehead atoms. The minimum Gasteiger partial charge on any atom is -0.496 e. The van der Waals surface area contributed by atoms with Crippen LogP contribution in [0.2, 0.25) is 0 Å². The number of aromatic nitrogens is 1. The molecule has 2 rings (SSSR count). The average Bonchev–Trinajstić information content (AvgIpc) is 2.86. The van der Waals surface area contributed by atoms with E-state index in [1.807, 2.05) is 24.3 Å². The molecule has 0 aliphatic carbocycles. The Morgan fingerprint density at radius 1 is 1.45 bits per heavy atom. The molecular formula is C13H16N4O2S. The highest BCUT2D eigenvalue weighted by Crippen LogP contribution is 2.24. The van der Waals surface area contributed by atoms with Crippen molar-refractivity contribution in [2.24, 2.45) is 0 Å². The zero-order valence-corrected chi connectivity index (χ0v) is 12.1. The van der Waals surface area contributed by atoms with E-state index in [1.165, 1.54) is 11.3 Å². The third-order valence-electron chi connectivity index (χ3n) is 2.71. The number of anilines is 2. The second kappa shape index (κ2) is 6.25. The highest BCUT2D eigenvalue weighted by atomic mass is 32.1. The van der Waals surface area contributed by atoms with Crippen LogP contribution in [0.5, 0.6) is 5.75 Å². The summed E-state index contributed by atoms with van der Waals surface area (Å²) in [6.45, 7) is 0.370. The molecule has 1 amide bonds. The molecule has 0 atom stereocenters. The van der Waals surface area contributed by atoms with Gasteiger partial charge >= 0.3 is 0 Å². The molecule has 0 aliphatic rings. The summed E-state index contributed by atoms with van der Waals surface area (Å²) >= 11 is 1.22. The van der Waals surface area contributed by atoms with E-state index in [2.05, 4.69) is 15.6 Å². The number of nitrogens with zero attached hydrogens (tertiary/aromatic N) is 1. The molecule has 1 aromatic carbocycles. The van der Waals surface area contributed by atoms with Gasteiger partial charge in [0, 0.05) is 19.2 Å². The molecule has 7 heteroatoms. The monoisotopic (exact) mass is 292 g/mol. The standard InChI is InChI=1S/C13H16N4O2S/c1-15-13-17-11(14)10(20-13)12(18)16-7-8-5-3-4-6-9(8)19-2/h3-6H,7,14H2,1-2H3,(H,15,17)(H,16,18). The molecule has 1 aromatic heterocycles. The lowest BCUT2D eigenvalue weighted by molar-refractivity contribution is 0.0955. The number of benzene rings is 1. The van der Waals surface area contributed by atoms with Gasteiger partial charge in [0.05, 0.1) is 7.11 Å². The third kappa shape index (κ3) is 3.00. The third-order valence-corrected chi connectivity index (χ3v) is 3.79. The smallest absolute Gasteiger partial charge is 0.265 e. The van der Waals surface area contributed by atoms with Crippen LogP contribution in [0.4, 0.5) is 10.9 Å². The fourth-order valence-corrected chi connectivity index (χ4v) is 2.46. The number of carbonyl (C=O) groups is 1. The number of carbonyl (C=O) groups excluding carboxylic acids is 1. The predicted molar refractivity (Wildman–Crippen MR) is 80.2 cm³/mol. The van der Waals surface area contributed by atoms with E-state index in [9.17, 15) is 4.79 Å². The number of nitrogens with two attached hydrogens (primary N) is 1. The van der Waals surface area contributed by atoms with E-state index in [0.717, 1.165) is 11.3 Å². The lowest BCUT2D eigenvalue weighted by Gasteiger charge is -2.08. The van der Waals surface area contributed by atoms with Crippen LogP contribution >= 0.6 is 11.3 Å². The first-order valence-electron chi connectivity index (χ1n) is 6.00. The summed E-state index contributed by atoms with van der Waals surface area (Å²) in [5.74, 6) is 0.727. The Kier molecular flexibility index (Phi) is 4.41. The summed E-state index contributed by atoms with van der Waals surface area (Å²) < 4.78 is 5.23. The SMILES string of the molecule is CNc1nc(N)c(C(=O)NCc2ccccc2OC)s1. The largest absolute Gasteiger partial charge is 0.496 e. The number of nitrogen functional groups attached to an aromatic ring is 1. The second-order valence-electron chi connectivity index (χ2n) is 3.98. The first-order valence-corrected chi connectivity index (χ1v) is 6.81. The molecule has 0 saturated heterocycles. The Balaban J connectivity index is 2.06. The quantitative estimate of drug-likeness (QED) is 0.780. The van der Waals surface area contributed by atoms with Crippen molar-refractivity contribution in [3.8, 4) is 5.75 Å². The zero-order valence-electron chi connectivity index (χ0n) is 11.3. The lowest BCUT2D eigenvalue weighted by atomic mass is 10.2. The fourth-order valence-electron chi connectivity index (χ4n) is 1.71. The van der Waals surface area contributed by atoms with E-state index in [-0.39, 0.29) is 11.7 Å². The Morgan fingerprint density at radius 2 is 2.20 bits per heavy atom. The van der Waals surface area contributed by atoms with E-state index in [1.54, 1.807) is 14.2 Å². The Labute approximate surface area is 121 Å². The van der Waals surface area contributed by atoms with Crippen molar-refractivity contribution < 1.29 is 9.53 Å². The number of rotatable bonds is 5. The zero-order chi connectivity index (χ0) is 14.5. The molecule has 2 aromatic rings. The highest BCUT2D eigenvalue weighted by molar-refractivity contribution is 7.18. The summed E-state index contributed by atoms with van der Waals surface area (Å²) in [6, 6.07) is 7.52. The van der Waals surface area contributed by atoms with Crippen molar-refractivity contribution >= 4 is 28.2 Å². The summed E-state index contributed by atoms with van der Waals surface area (Å²) in [6.07, 6.45) is 0. The first-order chi connectivity index (χ1) is 9.65. The van der Waals surface area contributed by atoms with Crippen LogP contribution in [0.1, 0.15) is 15.2 Å². The predicted octanol–water partition coefficient (Wildman–Crippen LogP) is 1.71. The van der Waals surface area contributed by atoms with Crippen molar-refractivity contribution in [2.45, 2.75) is 6.54 Å². The Hall–Kier alpha value is -2.28. The van der Waals surface area contributed by atoms with Gasteiger partial charge in [-0.1, -0.05) is 29.5 Å². The van der Waals surface area contributed by atoms with Gasteiger partial charge in [0.15, 0.2) is 5.13 Å². The van der Waals surface area contributed by atoms with Crippen LogP contribution in [0.25, 0.3) is 0 Å². The van der Waals surface area contributed by atoms with Crippen LogP contribution in [0.15, 0.2) is 24.3 Å². The molecular weight excluding hydrogens is 276 g/mol. The maximum Gasteiger partial charge on any atom is 0.265 e. The number of hydrogen-bond donors (Lipinski definition) is 3. The van der Waals surface area contributed by atoms with Gasteiger partial charge in [0.25, 0.3) is 5.91 Å². The van der Waals surface area contributed by atoms with Crippen LogP contribution in [-0.2, 0) is 6.54 Å². The number of para-hydroxylation sites is 1. The van der Waals surface area contributed by atoms with Gasteiger partial charge in [0.2, 0.25) is 0 Å². The van der Waals surface area contributed by atoms with E-state index < -0.39 is 0 Å². The molecule has 0 aliphatic heterocycles. The topological polar surface area (TPSA) is 89.3 Å². The van der Waals surface area contributed by atoms with Crippen molar-refractivity contribution in [2.75, 3.05) is 25.2 Å². The van der Waals surface area contributed by atoms with Crippen LogP contribution in [0.3, 0.4) is 0 Å². The molecule has 6 nitrogen and oxygen atoms in total. The summed E-state index contributed by atoms with van der Waals surface area (Å²) in [4.78, 5) is 16.5. The van der Waals surface area contributed by atoms with Crippen molar-refractivity contribution in [3.63, 3.8) is 0 Å². The molecule has 0 saturated carbocycles. The number of hydrogen-bond acceptors (Lipinski definition) is 6. The number of nitrogens with one attached hydrogen (secondary N) is 2. The molecule has 1 heterocycles.